The van der Waals surface area contributed by atoms with Crippen molar-refractivity contribution in [1.29, 1.82) is 0 Å². The molecule has 0 radical (unpaired) electrons. The fourth-order valence-corrected chi connectivity index (χ4v) is 2.40. The molecule has 0 aliphatic carbocycles. The molecular formula is C17H15N5O3. The minimum absolute atomic E-state index is 0.0570. The van der Waals surface area contributed by atoms with Crippen molar-refractivity contribution in [2.24, 2.45) is 0 Å². The summed E-state index contributed by atoms with van der Waals surface area (Å²) < 4.78 is 1.68. The SMILES string of the molecule is Nc1cccc([N+](=O)[O-])c1C(=O)NCc1ccn(-c2ccccc2)n1. The second kappa shape index (κ2) is 6.83. The highest BCUT2D eigenvalue weighted by Crippen LogP contribution is 2.24. The Hall–Kier alpha value is -3.68. The van der Waals surface area contributed by atoms with Crippen molar-refractivity contribution in [3.63, 3.8) is 0 Å². The van der Waals surface area contributed by atoms with E-state index in [0.29, 0.717) is 5.69 Å². The summed E-state index contributed by atoms with van der Waals surface area (Å²) in [5, 5.41) is 18.0. The van der Waals surface area contributed by atoms with Crippen molar-refractivity contribution >= 4 is 17.3 Å². The highest BCUT2D eigenvalue weighted by Gasteiger charge is 2.22. The molecule has 3 rings (SSSR count). The van der Waals surface area contributed by atoms with Crippen LogP contribution >= 0.6 is 0 Å². The van der Waals surface area contributed by atoms with Gasteiger partial charge in [-0.2, -0.15) is 5.10 Å². The first kappa shape index (κ1) is 16.2. The Labute approximate surface area is 143 Å². The van der Waals surface area contributed by atoms with Crippen LogP contribution in [0.5, 0.6) is 0 Å². The largest absolute Gasteiger partial charge is 0.398 e. The van der Waals surface area contributed by atoms with Crippen molar-refractivity contribution in [2.45, 2.75) is 6.54 Å². The van der Waals surface area contributed by atoms with Crippen LogP contribution in [-0.2, 0) is 6.54 Å². The Bertz CT molecular complexity index is 921. The summed E-state index contributed by atoms with van der Waals surface area (Å²) in [5.41, 5.74) is 6.82. The summed E-state index contributed by atoms with van der Waals surface area (Å²) in [6.45, 7) is 0.129. The predicted molar refractivity (Wildman–Crippen MR) is 92.2 cm³/mol. The van der Waals surface area contributed by atoms with Crippen molar-refractivity contribution in [3.8, 4) is 5.69 Å². The number of amides is 1. The number of para-hydroxylation sites is 1. The van der Waals surface area contributed by atoms with Gasteiger partial charge >= 0.3 is 0 Å². The molecule has 2 aromatic carbocycles. The Balaban J connectivity index is 1.74. The first-order chi connectivity index (χ1) is 12.1. The lowest BCUT2D eigenvalue weighted by molar-refractivity contribution is -0.385. The molecule has 0 atom stereocenters. The number of benzene rings is 2. The average molecular weight is 337 g/mol. The smallest absolute Gasteiger partial charge is 0.284 e. The Kier molecular flexibility index (Phi) is 4.42. The molecule has 3 N–H and O–H groups in total. The summed E-state index contributed by atoms with van der Waals surface area (Å²) in [5.74, 6) is -0.612. The minimum atomic E-state index is -0.630. The van der Waals surface area contributed by atoms with Gasteiger partial charge in [0.1, 0.15) is 5.56 Å². The molecular weight excluding hydrogens is 322 g/mol. The first-order valence-corrected chi connectivity index (χ1v) is 7.47. The van der Waals surface area contributed by atoms with Crippen LogP contribution in [0.15, 0.2) is 60.8 Å². The molecule has 8 heteroatoms. The van der Waals surface area contributed by atoms with Gasteiger partial charge in [0.15, 0.2) is 0 Å². The number of nitrogens with zero attached hydrogens (tertiary/aromatic N) is 3. The summed E-state index contributed by atoms with van der Waals surface area (Å²) in [7, 11) is 0. The highest BCUT2D eigenvalue weighted by molar-refractivity contribution is 6.03. The molecule has 0 aliphatic heterocycles. The van der Waals surface area contributed by atoms with Crippen molar-refractivity contribution < 1.29 is 9.72 Å². The Morgan fingerprint density at radius 3 is 2.64 bits per heavy atom. The van der Waals surface area contributed by atoms with E-state index in [4.69, 9.17) is 5.73 Å². The number of aromatic nitrogens is 2. The third-order valence-electron chi connectivity index (χ3n) is 3.59. The van der Waals surface area contributed by atoms with E-state index in [-0.39, 0.29) is 23.5 Å². The molecule has 126 valence electrons. The van der Waals surface area contributed by atoms with E-state index in [0.717, 1.165) is 5.69 Å². The Morgan fingerprint density at radius 1 is 1.16 bits per heavy atom. The molecule has 0 unspecified atom stereocenters. The number of hydrogen-bond donors (Lipinski definition) is 2. The number of nitrogen functional groups attached to an aromatic ring is 1. The third kappa shape index (κ3) is 3.47. The van der Waals surface area contributed by atoms with Crippen LogP contribution in [0.4, 0.5) is 11.4 Å². The second-order valence-corrected chi connectivity index (χ2v) is 5.27. The predicted octanol–water partition coefficient (Wildman–Crippen LogP) is 2.29. The Morgan fingerprint density at radius 2 is 1.92 bits per heavy atom. The van der Waals surface area contributed by atoms with Gasteiger partial charge in [0, 0.05) is 12.3 Å². The molecule has 0 spiro atoms. The monoisotopic (exact) mass is 337 g/mol. The topological polar surface area (TPSA) is 116 Å². The maximum Gasteiger partial charge on any atom is 0.284 e. The van der Waals surface area contributed by atoms with Crippen LogP contribution in [0, 0.1) is 10.1 Å². The lowest BCUT2D eigenvalue weighted by atomic mass is 10.1. The van der Waals surface area contributed by atoms with Gasteiger partial charge in [-0.15, -0.1) is 0 Å². The number of nitrogens with two attached hydrogens (primary N) is 1. The molecule has 3 aromatic rings. The molecule has 1 amide bonds. The number of nitro groups is 1. The summed E-state index contributed by atoms with van der Waals surface area (Å²) in [6, 6.07) is 15.4. The minimum Gasteiger partial charge on any atom is -0.398 e. The van der Waals surface area contributed by atoms with Gasteiger partial charge in [-0.1, -0.05) is 24.3 Å². The fraction of sp³-hybridized carbons (Fsp3) is 0.0588. The molecule has 0 saturated heterocycles. The normalized spacial score (nSPS) is 10.4. The number of nitrogens with one attached hydrogen (secondary N) is 1. The molecule has 0 fully saturated rings. The van der Waals surface area contributed by atoms with Crippen LogP contribution < -0.4 is 11.1 Å². The highest BCUT2D eigenvalue weighted by atomic mass is 16.6. The van der Waals surface area contributed by atoms with Crippen molar-refractivity contribution in [1.82, 2.24) is 15.1 Å². The van der Waals surface area contributed by atoms with E-state index >= 15 is 0 Å². The number of hydrogen-bond acceptors (Lipinski definition) is 5. The van der Waals surface area contributed by atoms with E-state index in [9.17, 15) is 14.9 Å². The number of nitro benzene ring substituents is 1. The quantitative estimate of drug-likeness (QED) is 0.421. The number of carbonyl (C=O) groups excluding carboxylic acids is 1. The van der Waals surface area contributed by atoms with Crippen LogP contribution in [0.1, 0.15) is 16.1 Å². The van der Waals surface area contributed by atoms with Crippen molar-refractivity contribution in [2.75, 3.05) is 5.73 Å². The van der Waals surface area contributed by atoms with Gasteiger partial charge in [0.2, 0.25) is 0 Å². The van der Waals surface area contributed by atoms with Crippen LogP contribution in [-0.4, -0.2) is 20.6 Å². The summed E-state index contributed by atoms with van der Waals surface area (Å²) in [6.07, 6.45) is 1.77. The van der Waals surface area contributed by atoms with E-state index in [1.807, 2.05) is 30.3 Å². The molecule has 0 aliphatic rings. The van der Waals surface area contributed by atoms with Gasteiger partial charge in [0.05, 0.1) is 28.5 Å². The van der Waals surface area contributed by atoms with Gasteiger partial charge in [-0.3, -0.25) is 14.9 Å². The zero-order chi connectivity index (χ0) is 17.8. The summed E-state index contributed by atoms with van der Waals surface area (Å²) in [4.78, 5) is 22.7. The lowest BCUT2D eigenvalue weighted by Crippen LogP contribution is -2.25. The number of anilines is 1. The maximum absolute atomic E-state index is 12.3. The van der Waals surface area contributed by atoms with Crippen LogP contribution in [0.2, 0.25) is 0 Å². The molecule has 0 saturated carbocycles. The molecule has 25 heavy (non-hydrogen) atoms. The fourth-order valence-electron chi connectivity index (χ4n) is 2.40. The number of rotatable bonds is 5. The van der Waals surface area contributed by atoms with E-state index in [2.05, 4.69) is 10.4 Å². The van der Waals surface area contributed by atoms with Crippen LogP contribution in [0.25, 0.3) is 5.69 Å². The standard InChI is InChI=1S/C17H15N5O3/c18-14-7-4-8-15(22(24)25)16(14)17(23)19-11-12-9-10-21(20-12)13-5-2-1-3-6-13/h1-10H,11,18H2,(H,19,23). The molecule has 1 aromatic heterocycles. The second-order valence-electron chi connectivity index (χ2n) is 5.27. The molecule has 0 bridgehead atoms. The molecule has 8 nitrogen and oxygen atoms in total. The van der Waals surface area contributed by atoms with E-state index < -0.39 is 10.8 Å². The van der Waals surface area contributed by atoms with Gasteiger partial charge in [0.25, 0.3) is 11.6 Å². The van der Waals surface area contributed by atoms with Gasteiger partial charge in [-0.25, -0.2) is 4.68 Å². The zero-order valence-corrected chi connectivity index (χ0v) is 13.1. The lowest BCUT2D eigenvalue weighted by Gasteiger charge is -2.07. The first-order valence-electron chi connectivity index (χ1n) is 7.47. The number of carbonyl (C=O) groups is 1. The third-order valence-corrected chi connectivity index (χ3v) is 3.59. The average Bonchev–Trinajstić information content (AvgIpc) is 3.09. The summed E-state index contributed by atoms with van der Waals surface area (Å²) >= 11 is 0. The zero-order valence-electron chi connectivity index (χ0n) is 13.1. The van der Waals surface area contributed by atoms with E-state index in [1.54, 1.807) is 16.9 Å². The molecule has 1 heterocycles. The van der Waals surface area contributed by atoms with Gasteiger partial charge in [-0.05, 0) is 24.3 Å². The van der Waals surface area contributed by atoms with Gasteiger partial charge < -0.3 is 11.1 Å². The van der Waals surface area contributed by atoms with Crippen molar-refractivity contribution in [3.05, 3.63) is 82.2 Å². The van der Waals surface area contributed by atoms with Crippen LogP contribution in [0.3, 0.4) is 0 Å². The maximum atomic E-state index is 12.3. The van der Waals surface area contributed by atoms with E-state index in [1.165, 1.54) is 18.2 Å².